The summed E-state index contributed by atoms with van der Waals surface area (Å²) in [5.74, 6) is 0.205. The summed E-state index contributed by atoms with van der Waals surface area (Å²) in [6.07, 6.45) is 0.448. The molecule has 0 aliphatic carbocycles. The van der Waals surface area contributed by atoms with Crippen molar-refractivity contribution in [3.63, 3.8) is 0 Å². The molecular formula is C13H26O3Si. The van der Waals surface area contributed by atoms with Crippen LogP contribution in [0.4, 0.5) is 0 Å². The Balaban J connectivity index is 2.33. The van der Waals surface area contributed by atoms with Crippen molar-refractivity contribution in [1.29, 1.82) is 0 Å². The first-order valence-corrected chi connectivity index (χ1v) is 9.24. The highest BCUT2D eigenvalue weighted by Crippen LogP contribution is 2.37. The van der Waals surface area contributed by atoms with E-state index in [9.17, 15) is 4.79 Å². The standard InChI is InChI=1S/C13H26O3Si/c1-12(2,3)17(6,7)15-9-8-10-11(14)13(4,5)16-10/h10H,8-9H2,1-7H3. The first-order valence-electron chi connectivity index (χ1n) is 6.33. The molecule has 0 aromatic heterocycles. The number of carbonyl (C=O) groups is 1. The van der Waals surface area contributed by atoms with Gasteiger partial charge in [0.15, 0.2) is 14.1 Å². The van der Waals surface area contributed by atoms with E-state index in [1.54, 1.807) is 0 Å². The minimum atomic E-state index is -1.68. The Morgan fingerprint density at radius 1 is 1.35 bits per heavy atom. The number of hydrogen-bond donors (Lipinski definition) is 0. The Morgan fingerprint density at radius 3 is 2.24 bits per heavy atom. The van der Waals surface area contributed by atoms with Gasteiger partial charge in [0.05, 0.1) is 0 Å². The van der Waals surface area contributed by atoms with Crippen LogP contribution in [0.3, 0.4) is 0 Å². The molecule has 1 rings (SSSR count). The van der Waals surface area contributed by atoms with E-state index in [-0.39, 0.29) is 16.9 Å². The Bertz CT molecular complexity index is 302. The van der Waals surface area contributed by atoms with Crippen molar-refractivity contribution in [2.24, 2.45) is 0 Å². The van der Waals surface area contributed by atoms with Crippen LogP contribution in [0.1, 0.15) is 41.0 Å². The molecule has 0 aromatic carbocycles. The first-order chi connectivity index (χ1) is 7.47. The molecule has 0 bridgehead atoms. The van der Waals surface area contributed by atoms with Crippen LogP contribution < -0.4 is 0 Å². The van der Waals surface area contributed by atoms with Crippen molar-refractivity contribution < 1.29 is 14.0 Å². The van der Waals surface area contributed by atoms with Crippen LogP contribution in [0.15, 0.2) is 0 Å². The topological polar surface area (TPSA) is 35.5 Å². The van der Waals surface area contributed by atoms with Gasteiger partial charge in [-0.3, -0.25) is 4.79 Å². The number of rotatable bonds is 4. The molecule has 3 nitrogen and oxygen atoms in total. The van der Waals surface area contributed by atoms with E-state index in [0.29, 0.717) is 13.0 Å². The lowest BCUT2D eigenvalue weighted by atomic mass is 9.90. The van der Waals surface area contributed by atoms with Crippen LogP contribution in [-0.2, 0) is 14.0 Å². The summed E-state index contributed by atoms with van der Waals surface area (Å²) < 4.78 is 11.5. The molecule has 0 saturated carbocycles. The van der Waals surface area contributed by atoms with Gasteiger partial charge in [0.1, 0.15) is 11.7 Å². The van der Waals surface area contributed by atoms with Gasteiger partial charge >= 0.3 is 0 Å². The van der Waals surface area contributed by atoms with Gasteiger partial charge in [0.25, 0.3) is 0 Å². The Morgan fingerprint density at radius 2 is 1.88 bits per heavy atom. The monoisotopic (exact) mass is 258 g/mol. The van der Waals surface area contributed by atoms with Crippen molar-refractivity contribution in [1.82, 2.24) is 0 Å². The summed E-state index contributed by atoms with van der Waals surface area (Å²) in [7, 11) is -1.68. The predicted octanol–water partition coefficient (Wildman–Crippen LogP) is 3.14. The first kappa shape index (κ1) is 14.9. The van der Waals surface area contributed by atoms with Gasteiger partial charge < -0.3 is 9.16 Å². The van der Waals surface area contributed by atoms with Crippen molar-refractivity contribution in [2.45, 2.75) is 70.9 Å². The summed E-state index contributed by atoms with van der Waals surface area (Å²) in [5, 5.41) is 0.219. The largest absolute Gasteiger partial charge is 0.417 e. The molecule has 1 saturated heterocycles. The maximum absolute atomic E-state index is 11.7. The molecule has 0 amide bonds. The molecule has 1 atom stereocenters. The molecule has 1 aliphatic heterocycles. The number of ketones is 1. The third kappa shape index (κ3) is 3.17. The second kappa shape index (κ2) is 4.48. The van der Waals surface area contributed by atoms with Gasteiger partial charge in [-0.05, 0) is 32.0 Å². The number of carbonyl (C=O) groups excluding carboxylic acids is 1. The average Bonchev–Trinajstić information content (AvgIpc) is 2.14. The number of Topliss-reactive ketones (excluding diaryl/α,β-unsaturated/α-hetero) is 1. The molecule has 0 N–H and O–H groups in total. The lowest BCUT2D eigenvalue weighted by Gasteiger charge is -2.42. The van der Waals surface area contributed by atoms with Crippen LogP contribution in [0.25, 0.3) is 0 Å². The van der Waals surface area contributed by atoms with E-state index in [0.717, 1.165) is 0 Å². The van der Waals surface area contributed by atoms with Crippen molar-refractivity contribution >= 4 is 14.1 Å². The Kier molecular flexibility index (Phi) is 3.92. The zero-order chi connectivity index (χ0) is 13.5. The van der Waals surface area contributed by atoms with E-state index < -0.39 is 13.9 Å². The zero-order valence-corrected chi connectivity index (χ0v) is 13.2. The van der Waals surface area contributed by atoms with E-state index in [2.05, 4.69) is 33.9 Å². The molecule has 17 heavy (non-hydrogen) atoms. The molecule has 1 fully saturated rings. The van der Waals surface area contributed by atoms with Crippen LogP contribution in [0.5, 0.6) is 0 Å². The van der Waals surface area contributed by atoms with Gasteiger partial charge in [0, 0.05) is 13.0 Å². The molecule has 4 heteroatoms. The fourth-order valence-corrected chi connectivity index (χ4v) is 2.69. The summed E-state index contributed by atoms with van der Waals surface area (Å²) in [6, 6.07) is 0. The highest BCUT2D eigenvalue weighted by Gasteiger charge is 2.47. The van der Waals surface area contributed by atoms with Crippen molar-refractivity contribution in [2.75, 3.05) is 6.61 Å². The molecule has 1 unspecified atom stereocenters. The van der Waals surface area contributed by atoms with E-state index in [4.69, 9.17) is 9.16 Å². The second-order valence-electron chi connectivity index (χ2n) is 6.88. The Hall–Kier alpha value is -0.193. The van der Waals surface area contributed by atoms with Crippen molar-refractivity contribution in [3.8, 4) is 0 Å². The van der Waals surface area contributed by atoms with Gasteiger partial charge in [-0.1, -0.05) is 20.8 Å². The SMILES string of the molecule is CC1(C)OC(CCO[Si](C)(C)C(C)(C)C)C1=O. The fraction of sp³-hybridized carbons (Fsp3) is 0.923. The molecule has 100 valence electrons. The lowest BCUT2D eigenvalue weighted by Crippen LogP contribution is -2.57. The summed E-state index contributed by atoms with van der Waals surface area (Å²) in [5.41, 5.74) is -0.568. The van der Waals surface area contributed by atoms with Gasteiger partial charge in [-0.25, -0.2) is 0 Å². The van der Waals surface area contributed by atoms with E-state index >= 15 is 0 Å². The minimum Gasteiger partial charge on any atom is -0.417 e. The molecule has 0 spiro atoms. The molecule has 0 radical (unpaired) electrons. The molecule has 1 heterocycles. The lowest BCUT2D eigenvalue weighted by molar-refractivity contribution is -0.195. The van der Waals surface area contributed by atoms with E-state index in [1.165, 1.54) is 0 Å². The highest BCUT2D eigenvalue weighted by molar-refractivity contribution is 6.74. The third-order valence-corrected chi connectivity index (χ3v) is 8.51. The Labute approximate surface area is 106 Å². The number of hydrogen-bond acceptors (Lipinski definition) is 3. The minimum absolute atomic E-state index is 0.205. The highest BCUT2D eigenvalue weighted by atomic mass is 28.4. The number of ether oxygens (including phenoxy) is 1. The molecular weight excluding hydrogens is 232 g/mol. The normalized spacial score (nSPS) is 24.6. The molecule has 0 aromatic rings. The summed E-state index contributed by atoms with van der Waals surface area (Å²) >= 11 is 0. The maximum Gasteiger partial charge on any atom is 0.192 e. The van der Waals surface area contributed by atoms with Crippen LogP contribution in [0, 0.1) is 0 Å². The van der Waals surface area contributed by atoms with E-state index in [1.807, 2.05) is 13.8 Å². The predicted molar refractivity (Wildman–Crippen MR) is 71.7 cm³/mol. The van der Waals surface area contributed by atoms with Crippen molar-refractivity contribution in [3.05, 3.63) is 0 Å². The zero-order valence-electron chi connectivity index (χ0n) is 12.2. The van der Waals surface area contributed by atoms with Crippen LogP contribution in [-0.4, -0.2) is 32.4 Å². The molecule has 1 aliphatic rings. The quantitative estimate of drug-likeness (QED) is 0.727. The van der Waals surface area contributed by atoms with Gasteiger partial charge in [0.2, 0.25) is 0 Å². The summed E-state index contributed by atoms with van der Waals surface area (Å²) in [6.45, 7) is 15.4. The van der Waals surface area contributed by atoms with Crippen LogP contribution in [0.2, 0.25) is 18.1 Å². The van der Waals surface area contributed by atoms with Crippen LogP contribution >= 0.6 is 0 Å². The fourth-order valence-electron chi connectivity index (χ4n) is 1.62. The second-order valence-corrected chi connectivity index (χ2v) is 11.7. The summed E-state index contributed by atoms with van der Waals surface area (Å²) in [4.78, 5) is 11.7. The smallest absolute Gasteiger partial charge is 0.192 e. The van der Waals surface area contributed by atoms with Gasteiger partial charge in [-0.15, -0.1) is 0 Å². The van der Waals surface area contributed by atoms with Gasteiger partial charge in [-0.2, -0.15) is 0 Å². The third-order valence-electron chi connectivity index (χ3n) is 3.97. The average molecular weight is 258 g/mol. The maximum atomic E-state index is 11.7.